The molecule has 0 bridgehead atoms. The zero-order valence-electron chi connectivity index (χ0n) is 20.1. The van der Waals surface area contributed by atoms with Gasteiger partial charge in [0.1, 0.15) is 5.58 Å². The molecule has 1 fully saturated rings. The van der Waals surface area contributed by atoms with Gasteiger partial charge in [0.2, 0.25) is 6.29 Å². The molecule has 2 aliphatic rings. The monoisotopic (exact) mass is 469 g/mol. The van der Waals surface area contributed by atoms with Crippen LogP contribution in [0.3, 0.4) is 0 Å². The van der Waals surface area contributed by atoms with Gasteiger partial charge in [-0.1, -0.05) is 31.4 Å². The highest BCUT2D eigenvalue weighted by Gasteiger charge is 2.40. The van der Waals surface area contributed by atoms with Gasteiger partial charge in [-0.15, -0.1) is 0 Å². The molecule has 184 valence electrons. The van der Waals surface area contributed by atoms with E-state index in [-0.39, 0.29) is 35.7 Å². The Balaban J connectivity index is 1.75. The number of amides is 1. The molecule has 1 amide bonds. The Morgan fingerprint density at radius 3 is 2.71 bits per heavy atom. The largest absolute Gasteiger partial charge is 0.464 e. The molecular formula is C27H35NO6. The molecule has 3 atom stereocenters. The number of aliphatic hydroxyl groups excluding tert-OH is 1. The van der Waals surface area contributed by atoms with Crippen molar-refractivity contribution in [2.75, 3.05) is 20.3 Å². The SMILES string of the molecule is CCO[C@@H]1OC(C(=O)N(C)C2CCCCC2)=C[C@H](c2coc3ccccc3c2=O)[C@@H]1CCCO. The third-order valence-electron chi connectivity index (χ3n) is 7.13. The third kappa shape index (κ3) is 5.05. The Morgan fingerprint density at radius 1 is 1.21 bits per heavy atom. The van der Waals surface area contributed by atoms with Crippen LogP contribution in [-0.4, -0.2) is 48.5 Å². The van der Waals surface area contributed by atoms with Gasteiger partial charge in [-0.2, -0.15) is 0 Å². The van der Waals surface area contributed by atoms with Crippen molar-refractivity contribution in [3.8, 4) is 0 Å². The number of allylic oxidation sites excluding steroid dienone is 1. The molecule has 0 saturated heterocycles. The van der Waals surface area contributed by atoms with Crippen LogP contribution >= 0.6 is 0 Å². The number of benzene rings is 1. The minimum Gasteiger partial charge on any atom is -0.464 e. The number of hydrogen-bond acceptors (Lipinski definition) is 6. The normalized spacial score (nSPS) is 23.4. The van der Waals surface area contributed by atoms with Gasteiger partial charge < -0.3 is 23.9 Å². The molecule has 2 aromatic rings. The van der Waals surface area contributed by atoms with Crippen molar-refractivity contribution in [3.05, 3.63) is 58.2 Å². The third-order valence-corrected chi connectivity index (χ3v) is 7.13. The van der Waals surface area contributed by atoms with Crippen LogP contribution in [0.1, 0.15) is 63.4 Å². The number of carbonyl (C=O) groups excluding carboxylic acids is 1. The smallest absolute Gasteiger partial charge is 0.288 e. The summed E-state index contributed by atoms with van der Waals surface area (Å²) in [6.07, 6.45) is 9.09. The lowest BCUT2D eigenvalue weighted by atomic mass is 9.80. The molecule has 34 heavy (non-hydrogen) atoms. The van der Waals surface area contributed by atoms with E-state index in [1.165, 1.54) is 12.7 Å². The van der Waals surface area contributed by atoms with E-state index in [0.29, 0.717) is 36.0 Å². The summed E-state index contributed by atoms with van der Waals surface area (Å²) in [5.74, 6) is -0.652. The van der Waals surface area contributed by atoms with Gasteiger partial charge in [0, 0.05) is 43.7 Å². The van der Waals surface area contributed by atoms with Crippen molar-refractivity contribution in [2.24, 2.45) is 5.92 Å². The summed E-state index contributed by atoms with van der Waals surface area (Å²) in [5.41, 5.74) is 0.871. The van der Waals surface area contributed by atoms with Crippen molar-refractivity contribution in [1.29, 1.82) is 0 Å². The Labute approximate surface area is 200 Å². The average Bonchev–Trinajstić information content (AvgIpc) is 2.88. The fourth-order valence-electron chi connectivity index (χ4n) is 5.25. The quantitative estimate of drug-likeness (QED) is 0.619. The molecule has 7 nitrogen and oxygen atoms in total. The number of aliphatic hydroxyl groups is 1. The van der Waals surface area contributed by atoms with Crippen molar-refractivity contribution >= 4 is 16.9 Å². The highest BCUT2D eigenvalue weighted by atomic mass is 16.7. The number of carbonyl (C=O) groups is 1. The number of rotatable bonds is 8. The summed E-state index contributed by atoms with van der Waals surface area (Å²) in [5, 5.41) is 9.99. The van der Waals surface area contributed by atoms with Crippen LogP contribution in [-0.2, 0) is 14.3 Å². The first-order valence-electron chi connectivity index (χ1n) is 12.4. The summed E-state index contributed by atoms with van der Waals surface area (Å²) in [4.78, 5) is 28.7. The first-order chi connectivity index (χ1) is 16.5. The van der Waals surface area contributed by atoms with E-state index in [1.54, 1.807) is 23.1 Å². The molecule has 0 spiro atoms. The number of ether oxygens (including phenoxy) is 2. The summed E-state index contributed by atoms with van der Waals surface area (Å²) >= 11 is 0. The Kier molecular flexibility index (Phi) is 8.06. The van der Waals surface area contributed by atoms with Crippen LogP contribution in [0.4, 0.5) is 0 Å². The van der Waals surface area contributed by atoms with Gasteiger partial charge in [0.25, 0.3) is 5.91 Å². The molecule has 1 aromatic carbocycles. The van der Waals surface area contributed by atoms with Crippen molar-refractivity contribution < 1.29 is 23.8 Å². The number of likely N-dealkylation sites (N-methyl/N-ethyl adjacent to an activating group) is 1. The molecule has 1 aromatic heterocycles. The van der Waals surface area contributed by atoms with Crippen LogP contribution in [0.2, 0.25) is 0 Å². The second-order valence-corrected chi connectivity index (χ2v) is 9.25. The fraction of sp³-hybridized carbons (Fsp3) is 0.556. The van der Waals surface area contributed by atoms with Gasteiger partial charge in [-0.05, 0) is 50.8 Å². The summed E-state index contributed by atoms with van der Waals surface area (Å²) in [6, 6.07) is 7.34. The Bertz CT molecular complexity index is 1070. The van der Waals surface area contributed by atoms with Crippen molar-refractivity contribution in [2.45, 2.75) is 70.1 Å². The maximum atomic E-state index is 13.5. The standard InChI is InChI=1S/C27H35NO6/c1-3-32-27-19(13-9-15-29)21(22-17-33-23-14-8-7-12-20(23)25(22)30)16-24(34-27)26(31)28(2)18-10-5-4-6-11-18/h7-8,12,14,16-19,21,27,29H,3-6,9-11,13,15H2,1-2H3/t19-,21-,27+/m0/s1. The molecule has 1 aliphatic carbocycles. The lowest BCUT2D eigenvalue weighted by Gasteiger charge is -2.38. The van der Waals surface area contributed by atoms with Crippen LogP contribution in [0.15, 0.2) is 51.6 Å². The minimum absolute atomic E-state index is 0.0221. The number of para-hydroxylation sites is 1. The second kappa shape index (κ2) is 11.2. The summed E-state index contributed by atoms with van der Waals surface area (Å²) in [7, 11) is 1.83. The molecule has 2 heterocycles. The van der Waals surface area contributed by atoms with E-state index in [4.69, 9.17) is 13.9 Å². The van der Waals surface area contributed by atoms with E-state index in [2.05, 4.69) is 0 Å². The van der Waals surface area contributed by atoms with Gasteiger partial charge >= 0.3 is 0 Å². The first kappa shape index (κ1) is 24.5. The molecular weight excluding hydrogens is 434 g/mol. The maximum Gasteiger partial charge on any atom is 0.288 e. The fourth-order valence-corrected chi connectivity index (χ4v) is 5.25. The van der Waals surface area contributed by atoms with Crippen LogP contribution in [0.5, 0.6) is 0 Å². The molecule has 0 unspecified atom stereocenters. The van der Waals surface area contributed by atoms with Gasteiger partial charge in [0.15, 0.2) is 11.2 Å². The topological polar surface area (TPSA) is 89.2 Å². The predicted octanol–water partition coefficient (Wildman–Crippen LogP) is 4.33. The molecule has 0 radical (unpaired) electrons. The summed E-state index contributed by atoms with van der Waals surface area (Å²) in [6.45, 7) is 2.30. The predicted molar refractivity (Wildman–Crippen MR) is 129 cm³/mol. The van der Waals surface area contributed by atoms with E-state index < -0.39 is 12.2 Å². The van der Waals surface area contributed by atoms with Crippen LogP contribution in [0, 0.1) is 5.92 Å². The van der Waals surface area contributed by atoms with E-state index >= 15 is 0 Å². The Morgan fingerprint density at radius 2 is 1.97 bits per heavy atom. The van der Waals surface area contributed by atoms with E-state index in [0.717, 1.165) is 25.7 Å². The molecule has 1 N–H and O–H groups in total. The average molecular weight is 470 g/mol. The molecule has 4 rings (SSSR count). The number of fused-ring (bicyclic) bond motifs is 1. The van der Waals surface area contributed by atoms with Gasteiger partial charge in [0.05, 0.1) is 11.6 Å². The van der Waals surface area contributed by atoms with Crippen LogP contribution < -0.4 is 5.43 Å². The van der Waals surface area contributed by atoms with Crippen LogP contribution in [0.25, 0.3) is 11.0 Å². The van der Waals surface area contributed by atoms with Gasteiger partial charge in [-0.3, -0.25) is 9.59 Å². The lowest BCUT2D eigenvalue weighted by molar-refractivity contribution is -0.171. The van der Waals surface area contributed by atoms with Crippen molar-refractivity contribution in [1.82, 2.24) is 4.90 Å². The van der Waals surface area contributed by atoms with E-state index in [1.807, 2.05) is 26.1 Å². The second-order valence-electron chi connectivity index (χ2n) is 9.25. The molecule has 7 heteroatoms. The number of nitrogens with zero attached hydrogens (tertiary/aromatic N) is 1. The lowest BCUT2D eigenvalue weighted by Crippen LogP contribution is -2.43. The maximum absolute atomic E-state index is 13.5. The minimum atomic E-state index is -0.698. The molecule has 1 aliphatic heterocycles. The highest BCUT2D eigenvalue weighted by molar-refractivity contribution is 5.92. The van der Waals surface area contributed by atoms with E-state index in [9.17, 15) is 14.7 Å². The zero-order valence-corrected chi connectivity index (χ0v) is 20.1. The zero-order chi connectivity index (χ0) is 24.1. The first-order valence-corrected chi connectivity index (χ1v) is 12.4. The summed E-state index contributed by atoms with van der Waals surface area (Å²) < 4.78 is 17.9. The highest BCUT2D eigenvalue weighted by Crippen LogP contribution is 2.39. The Hall–Kier alpha value is -2.64. The number of hydrogen-bond donors (Lipinski definition) is 1. The van der Waals surface area contributed by atoms with Crippen molar-refractivity contribution in [3.63, 3.8) is 0 Å². The van der Waals surface area contributed by atoms with Gasteiger partial charge in [-0.25, -0.2) is 0 Å². The molecule has 1 saturated carbocycles.